The van der Waals surface area contributed by atoms with E-state index in [-0.39, 0.29) is 5.82 Å². The Labute approximate surface area is 95.9 Å². The molecule has 2 N–H and O–H groups in total. The van der Waals surface area contributed by atoms with Crippen LogP contribution in [0.4, 0.5) is 19.0 Å². The molecule has 0 fully saturated rings. The Morgan fingerprint density at radius 1 is 1.53 bits per heavy atom. The standard InChI is InChI=1S/C10H12F3N3O/c1-4-9(2,3)8(17)14-7-5-6(15-16-7)10(11,12)13/h4-5H,1H2,2-3H3,(H2,14,15,16,17). The number of anilines is 1. The average Bonchev–Trinajstić information content (AvgIpc) is 2.65. The third-order valence-corrected chi connectivity index (χ3v) is 2.22. The molecular weight excluding hydrogens is 235 g/mol. The number of carbonyl (C=O) groups excluding carboxylic acids is 1. The fourth-order valence-electron chi connectivity index (χ4n) is 0.901. The Bertz CT molecular complexity index is 434. The highest BCUT2D eigenvalue weighted by molar-refractivity contribution is 5.95. The summed E-state index contributed by atoms with van der Waals surface area (Å²) in [6.45, 7) is 6.65. The first-order valence-electron chi connectivity index (χ1n) is 4.74. The number of aromatic nitrogens is 2. The highest BCUT2D eigenvalue weighted by Crippen LogP contribution is 2.29. The minimum atomic E-state index is -4.51. The number of nitrogens with one attached hydrogen (secondary N) is 2. The Kier molecular flexibility index (Phi) is 3.30. The molecule has 17 heavy (non-hydrogen) atoms. The molecule has 0 aliphatic carbocycles. The van der Waals surface area contributed by atoms with Crippen LogP contribution in [0.2, 0.25) is 0 Å². The predicted octanol–water partition coefficient (Wildman–Crippen LogP) is 2.58. The van der Waals surface area contributed by atoms with E-state index in [9.17, 15) is 18.0 Å². The molecule has 0 aliphatic rings. The first kappa shape index (κ1) is 13.3. The van der Waals surface area contributed by atoms with Crippen LogP contribution >= 0.6 is 0 Å². The molecule has 0 radical (unpaired) electrons. The molecule has 0 bridgehead atoms. The summed E-state index contributed by atoms with van der Waals surface area (Å²) in [6, 6.07) is 0.733. The molecule has 0 aromatic carbocycles. The van der Waals surface area contributed by atoms with Gasteiger partial charge >= 0.3 is 6.18 Å². The lowest BCUT2D eigenvalue weighted by molar-refractivity contribution is -0.141. The number of halogens is 3. The van der Waals surface area contributed by atoms with Crippen molar-refractivity contribution in [3.05, 3.63) is 24.4 Å². The van der Waals surface area contributed by atoms with E-state index in [0.717, 1.165) is 6.07 Å². The van der Waals surface area contributed by atoms with Crippen molar-refractivity contribution < 1.29 is 18.0 Å². The number of hydrogen-bond acceptors (Lipinski definition) is 2. The van der Waals surface area contributed by atoms with E-state index in [1.54, 1.807) is 18.9 Å². The predicted molar refractivity (Wildman–Crippen MR) is 56.2 cm³/mol. The summed E-state index contributed by atoms with van der Waals surface area (Å²) in [6.07, 6.45) is -3.11. The van der Waals surface area contributed by atoms with Crippen LogP contribution in [0.5, 0.6) is 0 Å². The number of aromatic amines is 1. The third-order valence-electron chi connectivity index (χ3n) is 2.22. The van der Waals surface area contributed by atoms with Crippen LogP contribution in [-0.4, -0.2) is 16.1 Å². The molecule has 1 aromatic rings. The molecule has 1 aromatic heterocycles. The van der Waals surface area contributed by atoms with Gasteiger partial charge in [-0.2, -0.15) is 18.3 Å². The first-order valence-corrected chi connectivity index (χ1v) is 4.74. The van der Waals surface area contributed by atoms with Crippen LogP contribution in [0.3, 0.4) is 0 Å². The van der Waals surface area contributed by atoms with Crippen molar-refractivity contribution in [2.24, 2.45) is 5.41 Å². The van der Waals surface area contributed by atoms with Crippen molar-refractivity contribution in [1.82, 2.24) is 10.2 Å². The largest absolute Gasteiger partial charge is 0.432 e. The highest BCUT2D eigenvalue weighted by atomic mass is 19.4. The third kappa shape index (κ3) is 3.08. The van der Waals surface area contributed by atoms with Gasteiger partial charge in [0, 0.05) is 6.07 Å². The summed E-state index contributed by atoms with van der Waals surface area (Å²) >= 11 is 0. The normalized spacial score (nSPS) is 12.3. The van der Waals surface area contributed by atoms with E-state index in [1.807, 2.05) is 0 Å². The van der Waals surface area contributed by atoms with Crippen molar-refractivity contribution in [3.8, 4) is 0 Å². The van der Waals surface area contributed by atoms with Gasteiger partial charge in [0.05, 0.1) is 5.41 Å². The fraction of sp³-hybridized carbons (Fsp3) is 0.400. The summed E-state index contributed by atoms with van der Waals surface area (Å²) in [5, 5.41) is 7.44. The number of rotatable bonds is 3. The number of hydrogen-bond donors (Lipinski definition) is 2. The highest BCUT2D eigenvalue weighted by Gasteiger charge is 2.33. The minimum Gasteiger partial charge on any atom is -0.308 e. The van der Waals surface area contributed by atoms with Crippen molar-refractivity contribution in [2.45, 2.75) is 20.0 Å². The van der Waals surface area contributed by atoms with Gasteiger partial charge in [-0.05, 0) is 13.8 Å². The lowest BCUT2D eigenvalue weighted by Crippen LogP contribution is -2.28. The van der Waals surface area contributed by atoms with Gasteiger partial charge in [-0.25, -0.2) is 0 Å². The molecule has 1 rings (SSSR count). The number of amides is 1. The minimum absolute atomic E-state index is 0.169. The second-order valence-corrected chi connectivity index (χ2v) is 4.04. The molecule has 0 atom stereocenters. The Morgan fingerprint density at radius 2 is 2.12 bits per heavy atom. The number of H-pyrrole nitrogens is 1. The average molecular weight is 247 g/mol. The zero-order valence-electron chi connectivity index (χ0n) is 9.35. The SMILES string of the molecule is C=CC(C)(C)C(=O)Nc1cc(C(F)(F)F)[nH]n1. The van der Waals surface area contributed by atoms with E-state index < -0.39 is 23.2 Å². The van der Waals surface area contributed by atoms with Crippen LogP contribution < -0.4 is 5.32 Å². The Morgan fingerprint density at radius 3 is 2.53 bits per heavy atom. The smallest absolute Gasteiger partial charge is 0.308 e. The van der Waals surface area contributed by atoms with Crippen LogP contribution in [0.15, 0.2) is 18.7 Å². The Balaban J connectivity index is 2.81. The molecule has 0 saturated carbocycles. The van der Waals surface area contributed by atoms with Gasteiger partial charge < -0.3 is 5.32 Å². The maximum absolute atomic E-state index is 12.2. The van der Waals surface area contributed by atoms with Crippen LogP contribution in [-0.2, 0) is 11.0 Å². The number of alkyl halides is 3. The number of carbonyl (C=O) groups is 1. The summed E-state index contributed by atoms with van der Waals surface area (Å²) in [5.74, 6) is -0.648. The van der Waals surface area contributed by atoms with Crippen molar-refractivity contribution in [1.29, 1.82) is 0 Å². The molecule has 1 amide bonds. The van der Waals surface area contributed by atoms with E-state index in [2.05, 4.69) is 17.0 Å². The zero-order chi connectivity index (χ0) is 13.3. The lowest BCUT2D eigenvalue weighted by atomic mass is 9.93. The van der Waals surface area contributed by atoms with Gasteiger partial charge in [0.1, 0.15) is 5.69 Å². The molecule has 0 unspecified atom stereocenters. The topological polar surface area (TPSA) is 57.8 Å². The van der Waals surface area contributed by atoms with Gasteiger partial charge in [-0.3, -0.25) is 9.89 Å². The first-order chi connectivity index (χ1) is 7.66. The van der Waals surface area contributed by atoms with E-state index >= 15 is 0 Å². The van der Waals surface area contributed by atoms with Crippen molar-refractivity contribution in [2.75, 3.05) is 5.32 Å². The summed E-state index contributed by atoms with van der Waals surface area (Å²) < 4.78 is 36.7. The zero-order valence-corrected chi connectivity index (χ0v) is 9.35. The second kappa shape index (κ2) is 4.23. The molecule has 0 spiro atoms. The summed E-state index contributed by atoms with van der Waals surface area (Å²) in [4.78, 5) is 11.6. The van der Waals surface area contributed by atoms with Gasteiger partial charge in [0.15, 0.2) is 5.82 Å². The molecule has 94 valence electrons. The maximum Gasteiger partial charge on any atom is 0.432 e. The van der Waals surface area contributed by atoms with Gasteiger partial charge in [-0.15, -0.1) is 6.58 Å². The molecule has 1 heterocycles. The van der Waals surface area contributed by atoms with Gasteiger partial charge in [0.2, 0.25) is 5.91 Å². The van der Waals surface area contributed by atoms with Gasteiger partial charge in [0.25, 0.3) is 0 Å². The summed E-state index contributed by atoms with van der Waals surface area (Å²) in [5.41, 5.74) is -1.89. The van der Waals surface area contributed by atoms with Gasteiger partial charge in [-0.1, -0.05) is 6.08 Å². The van der Waals surface area contributed by atoms with Crippen molar-refractivity contribution >= 4 is 11.7 Å². The van der Waals surface area contributed by atoms with E-state index in [4.69, 9.17) is 0 Å². The van der Waals surface area contributed by atoms with Crippen molar-refractivity contribution in [3.63, 3.8) is 0 Å². The van der Waals surface area contributed by atoms with Crippen LogP contribution in [0.1, 0.15) is 19.5 Å². The van der Waals surface area contributed by atoms with E-state index in [1.165, 1.54) is 6.08 Å². The second-order valence-electron chi connectivity index (χ2n) is 4.04. The van der Waals surface area contributed by atoms with Crippen LogP contribution in [0.25, 0.3) is 0 Å². The lowest BCUT2D eigenvalue weighted by Gasteiger charge is -2.17. The monoisotopic (exact) mass is 247 g/mol. The molecular formula is C10H12F3N3O. The molecule has 4 nitrogen and oxygen atoms in total. The Hall–Kier alpha value is -1.79. The molecule has 7 heteroatoms. The molecule has 0 saturated heterocycles. The quantitative estimate of drug-likeness (QED) is 0.806. The van der Waals surface area contributed by atoms with Crippen LogP contribution in [0, 0.1) is 5.41 Å². The molecule has 0 aliphatic heterocycles. The number of nitrogens with zero attached hydrogens (tertiary/aromatic N) is 1. The maximum atomic E-state index is 12.2. The fourth-order valence-corrected chi connectivity index (χ4v) is 0.901. The summed E-state index contributed by atoms with van der Waals surface area (Å²) in [7, 11) is 0. The van der Waals surface area contributed by atoms with E-state index in [0.29, 0.717) is 0 Å².